The molecule has 0 fully saturated rings. The van der Waals surface area contributed by atoms with Gasteiger partial charge in [0, 0.05) is 24.4 Å². The molecule has 136 valence electrons. The fourth-order valence-corrected chi connectivity index (χ4v) is 3.27. The molecule has 0 spiro atoms. The standard InChI is InChI=1S/C19H17N5O3/c1-10-16(11-4-14(25-3)18-15(5-11)26-9-27-18)13(6-20)19(21)23-17(10)12-7-22-24(2)8-12/h4-5,7-8H,9H2,1-3H3,(H2,21,23). The number of nitrogen functional groups attached to an aromatic ring is 1. The predicted octanol–water partition coefficient (Wildman–Crippen LogP) is 2.65. The topological polar surface area (TPSA) is 108 Å². The number of anilines is 1. The summed E-state index contributed by atoms with van der Waals surface area (Å²) in [4.78, 5) is 4.44. The van der Waals surface area contributed by atoms with Crippen molar-refractivity contribution < 1.29 is 14.2 Å². The summed E-state index contributed by atoms with van der Waals surface area (Å²) >= 11 is 0. The Labute approximate surface area is 155 Å². The van der Waals surface area contributed by atoms with Gasteiger partial charge in [0.2, 0.25) is 12.5 Å². The second-order valence-electron chi connectivity index (χ2n) is 6.15. The number of fused-ring (bicyclic) bond motifs is 1. The van der Waals surface area contributed by atoms with Crippen LogP contribution in [0.3, 0.4) is 0 Å². The lowest BCUT2D eigenvalue weighted by Crippen LogP contribution is -2.03. The van der Waals surface area contributed by atoms with E-state index in [0.717, 1.165) is 16.7 Å². The van der Waals surface area contributed by atoms with Crippen LogP contribution in [0.4, 0.5) is 5.82 Å². The highest BCUT2D eigenvalue weighted by Gasteiger charge is 2.24. The molecule has 3 aromatic rings. The minimum Gasteiger partial charge on any atom is -0.493 e. The lowest BCUT2D eigenvalue weighted by atomic mass is 9.93. The Morgan fingerprint density at radius 1 is 1.30 bits per heavy atom. The molecule has 0 atom stereocenters. The van der Waals surface area contributed by atoms with Crippen LogP contribution in [0.1, 0.15) is 11.1 Å². The van der Waals surface area contributed by atoms with E-state index in [1.165, 1.54) is 0 Å². The van der Waals surface area contributed by atoms with Crippen LogP contribution < -0.4 is 19.9 Å². The Kier molecular flexibility index (Phi) is 3.85. The number of hydrogen-bond donors (Lipinski definition) is 1. The highest BCUT2D eigenvalue weighted by atomic mass is 16.7. The zero-order valence-electron chi connectivity index (χ0n) is 15.1. The maximum absolute atomic E-state index is 9.70. The van der Waals surface area contributed by atoms with Crippen molar-refractivity contribution in [2.75, 3.05) is 19.6 Å². The van der Waals surface area contributed by atoms with Crippen LogP contribution in [0.25, 0.3) is 22.4 Å². The molecule has 8 heteroatoms. The molecular formula is C19H17N5O3. The summed E-state index contributed by atoms with van der Waals surface area (Å²) < 4.78 is 18.1. The molecule has 8 nitrogen and oxygen atoms in total. The molecule has 0 aliphatic carbocycles. The van der Waals surface area contributed by atoms with E-state index in [1.54, 1.807) is 18.0 Å². The van der Waals surface area contributed by atoms with E-state index >= 15 is 0 Å². The van der Waals surface area contributed by atoms with Gasteiger partial charge in [0.25, 0.3) is 0 Å². The second-order valence-corrected chi connectivity index (χ2v) is 6.15. The molecule has 0 bridgehead atoms. The van der Waals surface area contributed by atoms with Gasteiger partial charge in [0.15, 0.2) is 11.5 Å². The second kappa shape index (κ2) is 6.21. The number of nitrogens with zero attached hydrogens (tertiary/aromatic N) is 4. The predicted molar refractivity (Wildman–Crippen MR) is 98.4 cm³/mol. The van der Waals surface area contributed by atoms with Crippen LogP contribution in [0.2, 0.25) is 0 Å². The van der Waals surface area contributed by atoms with Crippen LogP contribution in [0.15, 0.2) is 24.5 Å². The monoisotopic (exact) mass is 363 g/mol. The van der Waals surface area contributed by atoms with Gasteiger partial charge in [-0.1, -0.05) is 0 Å². The van der Waals surface area contributed by atoms with E-state index in [-0.39, 0.29) is 12.6 Å². The third kappa shape index (κ3) is 2.60. The first kappa shape index (κ1) is 16.7. The molecular weight excluding hydrogens is 346 g/mol. The Hall–Kier alpha value is -3.73. The summed E-state index contributed by atoms with van der Waals surface area (Å²) in [7, 11) is 3.39. The number of pyridine rings is 1. The molecule has 3 heterocycles. The summed E-state index contributed by atoms with van der Waals surface area (Å²) in [6, 6.07) is 5.80. The van der Waals surface area contributed by atoms with Crippen molar-refractivity contribution in [1.29, 1.82) is 5.26 Å². The van der Waals surface area contributed by atoms with Crippen molar-refractivity contribution in [3.63, 3.8) is 0 Å². The van der Waals surface area contributed by atoms with Crippen molar-refractivity contribution in [3.8, 4) is 45.7 Å². The molecule has 4 rings (SSSR count). The normalized spacial score (nSPS) is 12.1. The molecule has 0 saturated heterocycles. The summed E-state index contributed by atoms with van der Waals surface area (Å²) in [6.45, 7) is 2.03. The molecule has 2 aromatic heterocycles. The molecule has 1 aliphatic heterocycles. The quantitative estimate of drug-likeness (QED) is 0.762. The number of ether oxygens (including phenoxy) is 3. The van der Waals surface area contributed by atoms with E-state index in [4.69, 9.17) is 19.9 Å². The molecule has 1 aliphatic rings. The lowest BCUT2D eigenvalue weighted by molar-refractivity contribution is 0.171. The summed E-state index contributed by atoms with van der Waals surface area (Å²) in [5, 5.41) is 13.9. The number of aromatic nitrogens is 3. The fraction of sp³-hybridized carbons (Fsp3) is 0.211. The van der Waals surface area contributed by atoms with Crippen LogP contribution >= 0.6 is 0 Å². The molecule has 0 unspecified atom stereocenters. The maximum Gasteiger partial charge on any atom is 0.231 e. The van der Waals surface area contributed by atoms with Crippen molar-refractivity contribution in [2.24, 2.45) is 7.05 Å². The van der Waals surface area contributed by atoms with Gasteiger partial charge in [-0.3, -0.25) is 4.68 Å². The van der Waals surface area contributed by atoms with E-state index in [2.05, 4.69) is 16.2 Å². The molecule has 0 amide bonds. The number of nitriles is 1. The van der Waals surface area contributed by atoms with Gasteiger partial charge in [-0.2, -0.15) is 10.4 Å². The molecule has 27 heavy (non-hydrogen) atoms. The van der Waals surface area contributed by atoms with Gasteiger partial charge in [0.1, 0.15) is 17.5 Å². The number of methoxy groups -OCH3 is 1. The van der Waals surface area contributed by atoms with Gasteiger partial charge >= 0.3 is 0 Å². The molecule has 0 radical (unpaired) electrons. The molecule has 2 N–H and O–H groups in total. The number of nitrogens with two attached hydrogens (primary N) is 1. The van der Waals surface area contributed by atoms with E-state index in [0.29, 0.717) is 34.1 Å². The van der Waals surface area contributed by atoms with Gasteiger partial charge in [0.05, 0.1) is 19.0 Å². The van der Waals surface area contributed by atoms with Crippen LogP contribution in [0, 0.1) is 18.3 Å². The summed E-state index contributed by atoms with van der Waals surface area (Å²) in [5.74, 6) is 1.80. The first-order chi connectivity index (χ1) is 13.0. The van der Waals surface area contributed by atoms with Crippen LogP contribution in [-0.4, -0.2) is 28.7 Å². The fourth-order valence-electron chi connectivity index (χ4n) is 3.27. The Bertz CT molecular complexity index is 1100. The van der Waals surface area contributed by atoms with Crippen molar-refractivity contribution in [1.82, 2.24) is 14.8 Å². The smallest absolute Gasteiger partial charge is 0.231 e. The Morgan fingerprint density at radius 3 is 2.78 bits per heavy atom. The van der Waals surface area contributed by atoms with Crippen molar-refractivity contribution in [3.05, 3.63) is 35.7 Å². The van der Waals surface area contributed by atoms with E-state index < -0.39 is 0 Å². The van der Waals surface area contributed by atoms with Gasteiger partial charge in [-0.05, 0) is 30.2 Å². The average molecular weight is 363 g/mol. The maximum atomic E-state index is 9.70. The minimum atomic E-state index is 0.124. The number of aryl methyl sites for hydroxylation is 1. The van der Waals surface area contributed by atoms with Gasteiger partial charge < -0.3 is 19.9 Å². The summed E-state index contributed by atoms with van der Waals surface area (Å²) in [5.41, 5.74) is 10.2. The molecule has 0 saturated carbocycles. The highest BCUT2D eigenvalue weighted by Crippen LogP contribution is 2.46. The Balaban J connectivity index is 2.00. The lowest BCUT2D eigenvalue weighted by Gasteiger charge is -2.15. The largest absolute Gasteiger partial charge is 0.493 e. The number of hydrogen-bond acceptors (Lipinski definition) is 7. The van der Waals surface area contributed by atoms with Crippen molar-refractivity contribution >= 4 is 5.82 Å². The van der Waals surface area contributed by atoms with Crippen LogP contribution in [-0.2, 0) is 7.05 Å². The first-order valence-corrected chi connectivity index (χ1v) is 8.20. The third-order valence-electron chi connectivity index (χ3n) is 4.51. The van der Waals surface area contributed by atoms with Gasteiger partial charge in [-0.25, -0.2) is 4.98 Å². The first-order valence-electron chi connectivity index (χ1n) is 8.20. The third-order valence-corrected chi connectivity index (χ3v) is 4.51. The van der Waals surface area contributed by atoms with Crippen molar-refractivity contribution in [2.45, 2.75) is 6.92 Å². The highest BCUT2D eigenvalue weighted by molar-refractivity contribution is 5.85. The average Bonchev–Trinajstić information content (AvgIpc) is 3.30. The zero-order chi connectivity index (χ0) is 19.1. The minimum absolute atomic E-state index is 0.124. The van der Waals surface area contributed by atoms with E-state index in [1.807, 2.05) is 32.3 Å². The Morgan fingerprint density at radius 2 is 2.11 bits per heavy atom. The van der Waals surface area contributed by atoms with Crippen LogP contribution in [0.5, 0.6) is 17.2 Å². The number of benzene rings is 1. The number of rotatable bonds is 3. The van der Waals surface area contributed by atoms with Gasteiger partial charge in [-0.15, -0.1) is 0 Å². The zero-order valence-corrected chi connectivity index (χ0v) is 15.1. The SMILES string of the molecule is COc1cc(-c2c(C)c(-c3cnn(C)c3)nc(N)c2C#N)cc2c1OCO2. The summed E-state index contributed by atoms with van der Waals surface area (Å²) in [6.07, 6.45) is 3.57. The molecule has 1 aromatic carbocycles. The van der Waals surface area contributed by atoms with E-state index in [9.17, 15) is 5.26 Å².